The summed E-state index contributed by atoms with van der Waals surface area (Å²) in [6.07, 6.45) is 3.95. The van der Waals surface area contributed by atoms with Gasteiger partial charge in [-0.1, -0.05) is 32.5 Å². The van der Waals surface area contributed by atoms with Gasteiger partial charge in [-0.25, -0.2) is 0 Å². The van der Waals surface area contributed by atoms with Gasteiger partial charge in [-0.05, 0) is 36.0 Å². The Hall–Kier alpha value is -0.180. The zero-order valence-corrected chi connectivity index (χ0v) is 10.1. The first-order chi connectivity index (χ1) is 6.38. The maximum Gasteiger partial charge on any atom is 0.151 e. The van der Waals surface area contributed by atoms with Gasteiger partial charge in [0, 0.05) is 5.25 Å². The van der Waals surface area contributed by atoms with Crippen LogP contribution in [0.1, 0.15) is 40.0 Å². The van der Waals surface area contributed by atoms with Crippen molar-refractivity contribution >= 4 is 16.9 Å². The Labute approximate surface area is 90.5 Å². The predicted molar refractivity (Wildman–Crippen MR) is 62.5 cm³/mol. The van der Waals surface area contributed by atoms with Crippen LogP contribution in [0.5, 0.6) is 0 Å². The minimum Gasteiger partial charge on any atom is -0.379 e. The number of hydrogen-bond acceptors (Lipinski definition) is 2. The van der Waals surface area contributed by atoms with Crippen LogP contribution >= 0.6 is 11.8 Å². The van der Waals surface area contributed by atoms with Crippen molar-refractivity contribution < 1.29 is 0 Å². The van der Waals surface area contributed by atoms with Crippen LogP contribution in [-0.2, 0) is 0 Å². The summed E-state index contributed by atoms with van der Waals surface area (Å²) in [6, 6.07) is 0. The molecule has 3 N–H and O–H groups in total. The molecule has 2 aliphatic rings. The van der Waals surface area contributed by atoms with E-state index in [1.807, 2.05) is 0 Å². The molecule has 2 bridgehead atoms. The molecule has 0 radical (unpaired) electrons. The van der Waals surface area contributed by atoms with E-state index in [9.17, 15) is 0 Å². The van der Waals surface area contributed by atoms with Crippen LogP contribution in [0.25, 0.3) is 0 Å². The molecule has 0 aliphatic heterocycles. The Bertz CT molecular complexity index is 274. The molecule has 14 heavy (non-hydrogen) atoms. The van der Waals surface area contributed by atoms with E-state index in [2.05, 4.69) is 20.8 Å². The Morgan fingerprint density at radius 1 is 1.43 bits per heavy atom. The van der Waals surface area contributed by atoms with Crippen LogP contribution < -0.4 is 5.73 Å². The molecule has 2 saturated carbocycles. The lowest BCUT2D eigenvalue weighted by molar-refractivity contribution is 0.157. The molecule has 0 unspecified atom stereocenters. The van der Waals surface area contributed by atoms with E-state index < -0.39 is 0 Å². The Kier molecular flexibility index (Phi) is 2.15. The number of thioether (sulfide) groups is 1. The van der Waals surface area contributed by atoms with Crippen molar-refractivity contribution in [3.8, 4) is 0 Å². The van der Waals surface area contributed by atoms with Gasteiger partial charge >= 0.3 is 0 Å². The predicted octanol–water partition coefficient (Wildman–Crippen LogP) is 2.83. The summed E-state index contributed by atoms with van der Waals surface area (Å²) in [4.78, 5) is 0. The first kappa shape index (κ1) is 10.3. The summed E-state index contributed by atoms with van der Waals surface area (Å²) < 4.78 is 0. The summed E-state index contributed by atoms with van der Waals surface area (Å²) >= 11 is 1.59. The van der Waals surface area contributed by atoms with Gasteiger partial charge in [0.15, 0.2) is 5.17 Å². The summed E-state index contributed by atoms with van der Waals surface area (Å²) in [5.41, 5.74) is 6.34. The lowest BCUT2D eigenvalue weighted by atomic mass is 9.71. The van der Waals surface area contributed by atoms with E-state index in [1.54, 1.807) is 11.8 Å². The Morgan fingerprint density at radius 2 is 2.07 bits per heavy atom. The second-order valence-electron chi connectivity index (χ2n) is 5.58. The minimum atomic E-state index is 0.291. The number of amidine groups is 1. The summed E-state index contributed by atoms with van der Waals surface area (Å²) in [5.74, 6) is 0.851. The van der Waals surface area contributed by atoms with Gasteiger partial charge in [0.1, 0.15) is 0 Å². The first-order valence-electron chi connectivity index (χ1n) is 5.38. The highest BCUT2D eigenvalue weighted by molar-refractivity contribution is 8.14. The largest absolute Gasteiger partial charge is 0.379 e. The van der Waals surface area contributed by atoms with Gasteiger partial charge in [0.05, 0.1) is 0 Å². The molecule has 0 aromatic rings. The fourth-order valence-corrected chi connectivity index (χ4v) is 4.78. The van der Waals surface area contributed by atoms with E-state index in [4.69, 9.17) is 11.1 Å². The Balaban J connectivity index is 2.23. The second kappa shape index (κ2) is 2.91. The van der Waals surface area contributed by atoms with Crippen molar-refractivity contribution in [2.24, 2.45) is 22.5 Å². The molecule has 0 heterocycles. The van der Waals surface area contributed by atoms with Crippen LogP contribution in [0.3, 0.4) is 0 Å². The van der Waals surface area contributed by atoms with Crippen molar-refractivity contribution in [2.75, 3.05) is 0 Å². The first-order valence-corrected chi connectivity index (χ1v) is 6.26. The topological polar surface area (TPSA) is 49.9 Å². The lowest BCUT2D eigenvalue weighted by Gasteiger charge is -2.38. The number of nitrogens with one attached hydrogen (secondary N) is 1. The van der Waals surface area contributed by atoms with Gasteiger partial charge < -0.3 is 5.73 Å². The van der Waals surface area contributed by atoms with Crippen molar-refractivity contribution in [1.82, 2.24) is 0 Å². The van der Waals surface area contributed by atoms with E-state index in [0.29, 0.717) is 21.2 Å². The maximum atomic E-state index is 7.40. The second-order valence-corrected chi connectivity index (χ2v) is 6.83. The number of hydrogen-bond donors (Lipinski definition) is 2. The molecular formula is C11H20N2S. The van der Waals surface area contributed by atoms with Crippen LogP contribution in [-0.4, -0.2) is 10.4 Å². The molecule has 0 aromatic carbocycles. The molecule has 0 aromatic heterocycles. The van der Waals surface area contributed by atoms with Crippen molar-refractivity contribution in [1.29, 1.82) is 5.41 Å². The van der Waals surface area contributed by atoms with Gasteiger partial charge in [-0.3, -0.25) is 5.41 Å². The van der Waals surface area contributed by atoms with Gasteiger partial charge in [-0.2, -0.15) is 0 Å². The molecule has 3 atom stereocenters. The third-order valence-corrected chi connectivity index (χ3v) is 6.23. The molecule has 2 fully saturated rings. The fraction of sp³-hybridized carbons (Fsp3) is 0.909. The fourth-order valence-electron chi connectivity index (χ4n) is 3.46. The van der Waals surface area contributed by atoms with Crippen LogP contribution in [0.4, 0.5) is 0 Å². The monoisotopic (exact) mass is 212 g/mol. The van der Waals surface area contributed by atoms with Gasteiger partial charge in [-0.15, -0.1) is 0 Å². The molecule has 3 heteroatoms. The summed E-state index contributed by atoms with van der Waals surface area (Å²) in [7, 11) is 0. The molecule has 80 valence electrons. The zero-order valence-electron chi connectivity index (χ0n) is 9.26. The zero-order chi connectivity index (χ0) is 10.6. The SMILES string of the molecule is CC1(C)[C@H]2CC[C@]1(C)[C@H](SC(=N)N)C2. The van der Waals surface area contributed by atoms with Gasteiger partial charge in [0.2, 0.25) is 0 Å². The molecule has 0 spiro atoms. The quantitative estimate of drug-likeness (QED) is 0.518. The third-order valence-electron chi connectivity index (χ3n) is 4.98. The highest BCUT2D eigenvalue weighted by Crippen LogP contribution is 2.68. The minimum absolute atomic E-state index is 0.291. The average Bonchev–Trinajstić information content (AvgIpc) is 2.35. The number of nitrogens with two attached hydrogens (primary N) is 1. The molecule has 2 rings (SSSR count). The molecule has 0 saturated heterocycles. The van der Waals surface area contributed by atoms with E-state index in [1.165, 1.54) is 19.3 Å². The standard InChI is InChI=1S/C11H20N2S/c1-10(2)7-4-5-11(10,3)8(6-7)14-9(12)13/h7-8H,4-6H2,1-3H3,(H3,12,13)/t7-,8+,11+/m0/s1. The van der Waals surface area contributed by atoms with Gasteiger partial charge in [0.25, 0.3) is 0 Å². The van der Waals surface area contributed by atoms with Crippen molar-refractivity contribution in [3.05, 3.63) is 0 Å². The van der Waals surface area contributed by atoms with Crippen LogP contribution in [0.2, 0.25) is 0 Å². The summed E-state index contributed by atoms with van der Waals surface area (Å²) in [5, 5.41) is 8.26. The average molecular weight is 212 g/mol. The van der Waals surface area contributed by atoms with Crippen molar-refractivity contribution in [2.45, 2.75) is 45.3 Å². The maximum absolute atomic E-state index is 7.40. The van der Waals surface area contributed by atoms with Crippen LogP contribution in [0, 0.1) is 22.2 Å². The molecule has 2 aliphatic carbocycles. The smallest absolute Gasteiger partial charge is 0.151 e. The Morgan fingerprint density at radius 3 is 2.43 bits per heavy atom. The number of rotatable bonds is 1. The normalized spacial score (nSPS) is 44.2. The lowest BCUT2D eigenvalue weighted by Crippen LogP contribution is -2.35. The third kappa shape index (κ3) is 1.14. The van der Waals surface area contributed by atoms with E-state index in [-0.39, 0.29) is 0 Å². The summed E-state index contributed by atoms with van der Waals surface area (Å²) in [6.45, 7) is 7.18. The van der Waals surface area contributed by atoms with Crippen LogP contribution in [0.15, 0.2) is 0 Å². The van der Waals surface area contributed by atoms with E-state index >= 15 is 0 Å². The molecular weight excluding hydrogens is 192 g/mol. The van der Waals surface area contributed by atoms with Crippen molar-refractivity contribution in [3.63, 3.8) is 0 Å². The highest BCUT2D eigenvalue weighted by atomic mass is 32.2. The van der Waals surface area contributed by atoms with E-state index in [0.717, 1.165) is 5.92 Å². The molecule has 0 amide bonds. The molecule has 2 nitrogen and oxygen atoms in total. The number of fused-ring (bicyclic) bond motifs is 2. The highest BCUT2D eigenvalue weighted by Gasteiger charge is 2.61.